The molecule has 0 spiro atoms. The average Bonchev–Trinajstić information content (AvgIpc) is 3.24. The molecule has 2 heterocycles. The van der Waals surface area contributed by atoms with Crippen LogP contribution in [0.4, 0.5) is 11.5 Å². The van der Waals surface area contributed by atoms with E-state index in [4.69, 9.17) is 28.4 Å². The van der Waals surface area contributed by atoms with Crippen LogP contribution < -0.4 is 24.3 Å². The number of methoxy groups -OCH3 is 2. The number of fused-ring (bicyclic) bond motifs is 2. The molecule has 0 fully saturated rings. The van der Waals surface area contributed by atoms with E-state index in [9.17, 15) is 0 Å². The monoisotopic (exact) mass is 449 g/mol. The number of ether oxygens (including phenoxy) is 6. The lowest BCUT2D eigenvalue weighted by Gasteiger charge is -2.15. The molecule has 0 atom stereocenters. The Morgan fingerprint density at radius 3 is 2.42 bits per heavy atom. The van der Waals surface area contributed by atoms with Crippen LogP contribution in [0, 0.1) is 0 Å². The maximum Gasteiger partial charge on any atom is 0.231 e. The maximum absolute atomic E-state index is 5.88. The number of nitrogens with one attached hydrogen (secondary N) is 1. The Hall–Kier alpha value is -3.01. The fraction of sp³-hybridized carbons (Fsp3) is 0.333. The van der Waals surface area contributed by atoms with Crippen molar-refractivity contribution in [2.24, 2.45) is 0 Å². The van der Waals surface area contributed by atoms with Crippen LogP contribution in [0.25, 0.3) is 10.9 Å². The van der Waals surface area contributed by atoms with Gasteiger partial charge in [0.2, 0.25) is 6.79 Å². The molecule has 0 bridgehead atoms. The summed E-state index contributed by atoms with van der Waals surface area (Å²) in [6, 6.07) is 9.34. The Balaban J connectivity index is 0.00000272. The molecule has 0 radical (unpaired) electrons. The summed E-state index contributed by atoms with van der Waals surface area (Å²) in [7, 11) is 3.25. The molecule has 1 N–H and O–H groups in total. The Labute approximate surface area is 186 Å². The predicted octanol–water partition coefficient (Wildman–Crippen LogP) is 3.57. The van der Waals surface area contributed by atoms with Gasteiger partial charge in [-0.15, -0.1) is 12.4 Å². The number of aromatic nitrogens is 2. The third-order valence-corrected chi connectivity index (χ3v) is 4.44. The number of hydrogen-bond donors (Lipinski definition) is 1. The Morgan fingerprint density at radius 2 is 1.68 bits per heavy atom. The number of hydrogen-bond acceptors (Lipinski definition) is 9. The fourth-order valence-electron chi connectivity index (χ4n) is 3.02. The van der Waals surface area contributed by atoms with Crippen LogP contribution in [0.15, 0.2) is 36.7 Å². The molecule has 1 aromatic heterocycles. The van der Waals surface area contributed by atoms with Gasteiger partial charge in [0, 0.05) is 25.7 Å². The first-order valence-corrected chi connectivity index (χ1v) is 9.48. The lowest BCUT2D eigenvalue weighted by molar-refractivity contribution is 0.132. The van der Waals surface area contributed by atoms with Gasteiger partial charge >= 0.3 is 0 Å². The molecule has 0 unspecified atom stereocenters. The first-order chi connectivity index (χ1) is 14.8. The lowest BCUT2D eigenvalue weighted by atomic mass is 10.2. The smallest absolute Gasteiger partial charge is 0.231 e. The summed E-state index contributed by atoms with van der Waals surface area (Å²) in [6.45, 7) is 1.90. The van der Waals surface area contributed by atoms with Crippen molar-refractivity contribution in [3.05, 3.63) is 36.7 Å². The molecule has 4 rings (SSSR count). The van der Waals surface area contributed by atoms with E-state index in [1.54, 1.807) is 14.2 Å². The van der Waals surface area contributed by atoms with Crippen molar-refractivity contribution in [2.45, 2.75) is 0 Å². The van der Waals surface area contributed by atoms with Crippen LogP contribution in [0.2, 0.25) is 0 Å². The molecule has 31 heavy (non-hydrogen) atoms. The SMILES string of the molecule is COCCOc1cc2ncnc(Nc3cccc4c3OCO4)c2cc1OCCOC.Cl. The summed E-state index contributed by atoms with van der Waals surface area (Å²) >= 11 is 0. The summed E-state index contributed by atoms with van der Waals surface area (Å²) in [5.41, 5.74) is 1.47. The largest absolute Gasteiger partial charge is 0.487 e. The zero-order valence-electron chi connectivity index (χ0n) is 17.3. The molecule has 10 heteroatoms. The summed E-state index contributed by atoms with van der Waals surface area (Å²) in [5.74, 6) is 3.11. The van der Waals surface area contributed by atoms with E-state index >= 15 is 0 Å². The van der Waals surface area contributed by atoms with Gasteiger partial charge in [-0.25, -0.2) is 9.97 Å². The van der Waals surface area contributed by atoms with E-state index in [0.29, 0.717) is 60.8 Å². The molecule has 2 aromatic carbocycles. The van der Waals surface area contributed by atoms with E-state index in [0.717, 1.165) is 11.1 Å². The van der Waals surface area contributed by atoms with E-state index in [2.05, 4.69) is 15.3 Å². The van der Waals surface area contributed by atoms with Crippen molar-refractivity contribution in [3.8, 4) is 23.0 Å². The van der Waals surface area contributed by atoms with Gasteiger partial charge in [0.1, 0.15) is 25.4 Å². The number of anilines is 2. The second-order valence-electron chi connectivity index (χ2n) is 6.39. The maximum atomic E-state index is 5.88. The summed E-state index contributed by atoms with van der Waals surface area (Å²) in [6.07, 6.45) is 1.50. The fourth-order valence-corrected chi connectivity index (χ4v) is 3.02. The van der Waals surface area contributed by atoms with Gasteiger partial charge in [-0.05, 0) is 18.2 Å². The number of halogens is 1. The van der Waals surface area contributed by atoms with Crippen molar-refractivity contribution in [2.75, 3.05) is 52.8 Å². The second-order valence-corrected chi connectivity index (χ2v) is 6.39. The van der Waals surface area contributed by atoms with Crippen LogP contribution in [0.1, 0.15) is 0 Å². The summed E-state index contributed by atoms with van der Waals surface area (Å²) < 4.78 is 32.9. The summed E-state index contributed by atoms with van der Waals surface area (Å²) in [5, 5.41) is 4.09. The third kappa shape index (κ3) is 5.19. The summed E-state index contributed by atoms with van der Waals surface area (Å²) in [4.78, 5) is 8.79. The minimum Gasteiger partial charge on any atom is -0.487 e. The quantitative estimate of drug-likeness (QED) is 0.466. The normalized spacial score (nSPS) is 11.8. The Morgan fingerprint density at radius 1 is 0.935 bits per heavy atom. The van der Waals surface area contributed by atoms with Crippen molar-refractivity contribution in [3.63, 3.8) is 0 Å². The average molecular weight is 450 g/mol. The number of rotatable bonds is 10. The highest BCUT2D eigenvalue weighted by molar-refractivity contribution is 5.93. The number of benzene rings is 2. The van der Waals surface area contributed by atoms with Crippen molar-refractivity contribution in [1.82, 2.24) is 9.97 Å². The van der Waals surface area contributed by atoms with E-state index in [1.807, 2.05) is 30.3 Å². The third-order valence-electron chi connectivity index (χ3n) is 4.44. The van der Waals surface area contributed by atoms with E-state index in [1.165, 1.54) is 6.33 Å². The van der Waals surface area contributed by atoms with Crippen molar-refractivity contribution < 1.29 is 28.4 Å². The zero-order chi connectivity index (χ0) is 20.8. The van der Waals surface area contributed by atoms with Crippen LogP contribution in [-0.4, -0.2) is 57.4 Å². The van der Waals surface area contributed by atoms with Crippen LogP contribution in [0.3, 0.4) is 0 Å². The van der Waals surface area contributed by atoms with Gasteiger partial charge in [-0.1, -0.05) is 6.07 Å². The van der Waals surface area contributed by atoms with Gasteiger partial charge in [-0.3, -0.25) is 0 Å². The van der Waals surface area contributed by atoms with Crippen molar-refractivity contribution in [1.29, 1.82) is 0 Å². The molecule has 0 saturated heterocycles. The minimum atomic E-state index is 0. The Kier molecular flexibility index (Phi) is 7.94. The van der Waals surface area contributed by atoms with E-state index in [-0.39, 0.29) is 19.2 Å². The Bertz CT molecular complexity index is 1020. The van der Waals surface area contributed by atoms with Crippen molar-refractivity contribution >= 4 is 34.8 Å². The number of nitrogens with zero attached hydrogens (tertiary/aromatic N) is 2. The molecular weight excluding hydrogens is 426 g/mol. The highest BCUT2D eigenvalue weighted by Gasteiger charge is 2.19. The zero-order valence-corrected chi connectivity index (χ0v) is 18.1. The highest BCUT2D eigenvalue weighted by Crippen LogP contribution is 2.41. The van der Waals surface area contributed by atoms with Gasteiger partial charge in [0.25, 0.3) is 0 Å². The molecule has 0 aliphatic carbocycles. The molecular formula is C21H24ClN3O6. The van der Waals surface area contributed by atoms with Gasteiger partial charge in [0.05, 0.1) is 24.4 Å². The van der Waals surface area contributed by atoms with Crippen LogP contribution in [0.5, 0.6) is 23.0 Å². The first-order valence-electron chi connectivity index (χ1n) is 9.48. The van der Waals surface area contributed by atoms with Gasteiger partial charge in [-0.2, -0.15) is 0 Å². The molecule has 1 aliphatic heterocycles. The molecule has 166 valence electrons. The lowest BCUT2D eigenvalue weighted by Crippen LogP contribution is -2.09. The van der Waals surface area contributed by atoms with Crippen LogP contribution >= 0.6 is 12.4 Å². The minimum absolute atomic E-state index is 0. The first kappa shape index (κ1) is 22.7. The molecule has 1 aliphatic rings. The van der Waals surface area contributed by atoms with Gasteiger partial charge < -0.3 is 33.7 Å². The molecule has 3 aromatic rings. The van der Waals surface area contributed by atoms with E-state index < -0.39 is 0 Å². The second kappa shape index (κ2) is 10.9. The van der Waals surface area contributed by atoms with Gasteiger partial charge in [0.15, 0.2) is 23.0 Å². The standard InChI is InChI=1S/C21H23N3O6.ClH/c1-25-6-8-27-18-10-14-16(11-19(18)28-9-7-26-2)22-12-23-21(14)24-15-4-3-5-17-20(15)30-13-29-17;/h3-5,10-12H,6-9,13H2,1-2H3,(H,22,23,24);1H. The number of para-hydroxylation sites is 1. The predicted molar refractivity (Wildman–Crippen MR) is 117 cm³/mol. The topological polar surface area (TPSA) is 93.2 Å². The molecule has 9 nitrogen and oxygen atoms in total. The highest BCUT2D eigenvalue weighted by atomic mass is 35.5. The molecule has 0 saturated carbocycles. The molecule has 0 amide bonds. The van der Waals surface area contributed by atoms with Crippen LogP contribution in [-0.2, 0) is 9.47 Å².